The number of aromatic amines is 1. The molecule has 1 fully saturated rings. The van der Waals surface area contributed by atoms with Gasteiger partial charge in [-0.05, 0) is 42.3 Å². The lowest BCUT2D eigenvalue weighted by molar-refractivity contribution is 0.174. The molecule has 0 saturated carbocycles. The van der Waals surface area contributed by atoms with Gasteiger partial charge in [0.1, 0.15) is 0 Å². The third-order valence-electron chi connectivity index (χ3n) is 6.55. The molecule has 3 aliphatic heterocycles. The van der Waals surface area contributed by atoms with Crippen molar-refractivity contribution in [2.45, 2.75) is 25.9 Å². The molecule has 0 radical (unpaired) electrons. The molecule has 1 saturated heterocycles. The van der Waals surface area contributed by atoms with Crippen LogP contribution in [0.5, 0.6) is 11.5 Å². The molecule has 0 aliphatic carbocycles. The topological polar surface area (TPSA) is 61.6 Å². The first kappa shape index (κ1) is 17.3. The van der Waals surface area contributed by atoms with Crippen LogP contribution < -0.4 is 20.3 Å². The minimum Gasteiger partial charge on any atom is -0.454 e. The highest BCUT2D eigenvalue weighted by molar-refractivity contribution is 5.85. The van der Waals surface area contributed by atoms with Crippen LogP contribution in [0.2, 0.25) is 0 Å². The predicted molar refractivity (Wildman–Crippen MR) is 112 cm³/mol. The van der Waals surface area contributed by atoms with E-state index in [1.807, 2.05) is 6.07 Å². The number of hydrazine groups is 1. The second-order valence-electron chi connectivity index (χ2n) is 8.49. The molecule has 0 spiro atoms. The smallest absolute Gasteiger partial charge is 0.231 e. The largest absolute Gasteiger partial charge is 0.454 e. The van der Waals surface area contributed by atoms with Gasteiger partial charge in [0, 0.05) is 55.1 Å². The Hall–Kier alpha value is -2.54. The third-order valence-corrected chi connectivity index (χ3v) is 6.55. The molecule has 1 aromatic heterocycles. The highest BCUT2D eigenvalue weighted by Crippen LogP contribution is 2.37. The Kier molecular flexibility index (Phi) is 4.04. The zero-order chi connectivity index (χ0) is 19.4. The second-order valence-corrected chi connectivity index (χ2v) is 8.49. The Balaban J connectivity index is 1.22. The fraction of sp³-hybridized carbons (Fsp3) is 0.391. The number of benzene rings is 2. The standard InChI is InChI=1S/C23H26N4O2/c1-14-2-4-19-17(8-14)18-12-27(7-6-20(18)25-19)11-16-10-24-26-23(16)15-3-5-21-22(9-15)29-13-28-21/h2-5,8-9,16,23-26H,6-7,10-13H2,1H3. The minimum absolute atomic E-state index is 0.274. The first-order valence-corrected chi connectivity index (χ1v) is 10.4. The van der Waals surface area contributed by atoms with E-state index in [4.69, 9.17) is 9.47 Å². The summed E-state index contributed by atoms with van der Waals surface area (Å²) >= 11 is 0. The van der Waals surface area contributed by atoms with Crippen LogP contribution in [-0.2, 0) is 13.0 Å². The van der Waals surface area contributed by atoms with Crippen LogP contribution in [0.4, 0.5) is 0 Å². The first-order valence-electron chi connectivity index (χ1n) is 10.4. The van der Waals surface area contributed by atoms with Crippen LogP contribution in [0.25, 0.3) is 10.9 Å². The summed E-state index contributed by atoms with van der Waals surface area (Å²) < 4.78 is 11.0. The van der Waals surface area contributed by atoms with Crippen molar-refractivity contribution < 1.29 is 9.47 Å². The Morgan fingerprint density at radius 2 is 2.03 bits per heavy atom. The Labute approximate surface area is 170 Å². The summed E-state index contributed by atoms with van der Waals surface area (Å²) in [5, 5.41) is 1.39. The average Bonchev–Trinajstić information content (AvgIpc) is 3.45. The number of fused-ring (bicyclic) bond motifs is 4. The molecule has 6 rings (SSSR count). The van der Waals surface area contributed by atoms with Crippen molar-refractivity contribution in [1.29, 1.82) is 0 Å². The fourth-order valence-electron chi connectivity index (χ4n) is 5.04. The number of H-pyrrole nitrogens is 1. The lowest BCUT2D eigenvalue weighted by atomic mass is 9.93. The molecule has 3 aliphatic rings. The lowest BCUT2D eigenvalue weighted by Crippen LogP contribution is -2.36. The maximum Gasteiger partial charge on any atom is 0.231 e. The molecule has 2 aromatic carbocycles. The summed E-state index contributed by atoms with van der Waals surface area (Å²) in [5.74, 6) is 2.20. The van der Waals surface area contributed by atoms with Gasteiger partial charge in [0.05, 0.1) is 6.04 Å². The number of nitrogens with one attached hydrogen (secondary N) is 3. The number of aromatic nitrogens is 1. The van der Waals surface area contributed by atoms with Gasteiger partial charge in [-0.3, -0.25) is 10.3 Å². The summed E-state index contributed by atoms with van der Waals surface area (Å²) in [5.41, 5.74) is 13.6. The molecule has 4 heterocycles. The van der Waals surface area contributed by atoms with Gasteiger partial charge in [0.15, 0.2) is 11.5 Å². The molecule has 2 atom stereocenters. The van der Waals surface area contributed by atoms with Crippen LogP contribution in [0.15, 0.2) is 36.4 Å². The van der Waals surface area contributed by atoms with Crippen LogP contribution in [0, 0.1) is 12.8 Å². The van der Waals surface area contributed by atoms with Gasteiger partial charge < -0.3 is 14.5 Å². The zero-order valence-electron chi connectivity index (χ0n) is 16.6. The molecular formula is C23H26N4O2. The van der Waals surface area contributed by atoms with E-state index in [1.165, 1.54) is 33.3 Å². The Morgan fingerprint density at radius 3 is 3.00 bits per heavy atom. The van der Waals surface area contributed by atoms with Gasteiger partial charge in [0.25, 0.3) is 0 Å². The number of ether oxygens (including phenoxy) is 2. The van der Waals surface area contributed by atoms with E-state index >= 15 is 0 Å². The van der Waals surface area contributed by atoms with Crippen molar-refractivity contribution in [1.82, 2.24) is 20.7 Å². The summed E-state index contributed by atoms with van der Waals surface area (Å²) in [6.07, 6.45) is 1.09. The molecule has 0 bridgehead atoms. The second kappa shape index (κ2) is 6.76. The summed E-state index contributed by atoms with van der Waals surface area (Å²) in [4.78, 5) is 6.25. The van der Waals surface area contributed by atoms with Crippen LogP contribution in [0.3, 0.4) is 0 Å². The molecule has 3 N–H and O–H groups in total. The molecule has 3 aromatic rings. The van der Waals surface area contributed by atoms with Crippen LogP contribution in [0.1, 0.15) is 28.4 Å². The molecule has 6 nitrogen and oxygen atoms in total. The van der Waals surface area contributed by atoms with Gasteiger partial charge in [-0.1, -0.05) is 17.7 Å². The van der Waals surface area contributed by atoms with E-state index in [-0.39, 0.29) is 6.04 Å². The van der Waals surface area contributed by atoms with Crippen molar-refractivity contribution in [3.8, 4) is 11.5 Å². The highest BCUT2D eigenvalue weighted by atomic mass is 16.7. The quantitative estimate of drug-likeness (QED) is 0.642. The van der Waals surface area contributed by atoms with Gasteiger partial charge >= 0.3 is 0 Å². The van der Waals surface area contributed by atoms with Gasteiger partial charge in [-0.15, -0.1) is 0 Å². The van der Waals surface area contributed by atoms with E-state index in [9.17, 15) is 0 Å². The highest BCUT2D eigenvalue weighted by Gasteiger charge is 2.32. The van der Waals surface area contributed by atoms with Crippen molar-refractivity contribution in [2.75, 3.05) is 26.4 Å². The number of hydrogen-bond donors (Lipinski definition) is 3. The molecular weight excluding hydrogens is 364 g/mol. The molecule has 0 amide bonds. The van der Waals surface area contributed by atoms with Crippen molar-refractivity contribution in [2.24, 2.45) is 5.92 Å². The van der Waals surface area contributed by atoms with Gasteiger partial charge in [-0.25, -0.2) is 5.43 Å². The van der Waals surface area contributed by atoms with Crippen molar-refractivity contribution in [3.05, 3.63) is 58.8 Å². The number of hydrogen-bond acceptors (Lipinski definition) is 5. The maximum atomic E-state index is 5.58. The normalized spacial score (nSPS) is 23.6. The third kappa shape index (κ3) is 2.99. The first-order chi connectivity index (χ1) is 14.2. The molecule has 29 heavy (non-hydrogen) atoms. The Morgan fingerprint density at radius 1 is 1.10 bits per heavy atom. The van der Waals surface area contributed by atoms with E-state index < -0.39 is 0 Å². The van der Waals surface area contributed by atoms with E-state index in [1.54, 1.807) is 0 Å². The Bertz CT molecular complexity index is 1080. The number of rotatable bonds is 3. The van der Waals surface area contributed by atoms with Gasteiger partial charge in [-0.2, -0.15) is 0 Å². The molecule has 6 heteroatoms. The van der Waals surface area contributed by atoms with E-state index in [0.717, 1.165) is 44.1 Å². The molecule has 2 unspecified atom stereocenters. The zero-order valence-corrected chi connectivity index (χ0v) is 16.6. The maximum absolute atomic E-state index is 5.58. The SMILES string of the molecule is Cc1ccc2[nH]c3c(c2c1)CN(CC1CNNC1c1ccc2c(c1)OCO2)CC3. The number of nitrogens with zero attached hydrogens (tertiary/aromatic N) is 1. The average molecular weight is 390 g/mol. The molecule has 150 valence electrons. The fourth-order valence-corrected chi connectivity index (χ4v) is 5.04. The summed E-state index contributed by atoms with van der Waals surface area (Å²) in [6, 6.07) is 13.3. The van der Waals surface area contributed by atoms with Crippen LogP contribution in [-0.4, -0.2) is 36.3 Å². The van der Waals surface area contributed by atoms with E-state index in [2.05, 4.69) is 58.0 Å². The van der Waals surface area contributed by atoms with Crippen molar-refractivity contribution in [3.63, 3.8) is 0 Å². The van der Waals surface area contributed by atoms with E-state index in [0.29, 0.717) is 12.7 Å². The summed E-state index contributed by atoms with van der Waals surface area (Å²) in [7, 11) is 0. The predicted octanol–water partition coefficient (Wildman–Crippen LogP) is 3.03. The lowest BCUT2D eigenvalue weighted by Gasteiger charge is -2.31. The monoisotopic (exact) mass is 390 g/mol. The summed E-state index contributed by atoms with van der Waals surface area (Å²) in [6.45, 7) is 6.64. The minimum atomic E-state index is 0.274. The van der Waals surface area contributed by atoms with Gasteiger partial charge in [0.2, 0.25) is 6.79 Å². The van der Waals surface area contributed by atoms with Crippen molar-refractivity contribution >= 4 is 10.9 Å². The number of aryl methyl sites for hydroxylation is 1. The van der Waals surface area contributed by atoms with Crippen LogP contribution >= 0.6 is 0 Å².